The molecule has 1 saturated heterocycles. The maximum atomic E-state index is 6.33. The number of benzene rings is 2. The summed E-state index contributed by atoms with van der Waals surface area (Å²) in [6, 6.07) is 16.1. The first-order valence-electron chi connectivity index (χ1n) is 9.81. The quantitative estimate of drug-likeness (QED) is 0.482. The Kier molecular flexibility index (Phi) is 4.78. The summed E-state index contributed by atoms with van der Waals surface area (Å²) in [5, 5.41) is 3.38. The highest BCUT2D eigenvalue weighted by Gasteiger charge is 2.23. The van der Waals surface area contributed by atoms with Gasteiger partial charge in [0.05, 0.1) is 28.7 Å². The second kappa shape index (κ2) is 7.71. The number of imidazole rings is 2. The van der Waals surface area contributed by atoms with E-state index in [2.05, 4.69) is 20.2 Å². The number of piperazine rings is 1. The average Bonchev–Trinajstić information content (AvgIpc) is 3.36. The van der Waals surface area contributed by atoms with Gasteiger partial charge in [0.2, 0.25) is 0 Å². The zero-order valence-corrected chi connectivity index (χ0v) is 15.7. The lowest BCUT2D eigenvalue weighted by Gasteiger charge is -2.27. The van der Waals surface area contributed by atoms with Crippen LogP contribution in [0, 0.1) is 0 Å². The number of aromatic nitrogens is 4. The molecule has 0 amide bonds. The molecule has 3 heterocycles. The molecule has 1 fully saturated rings. The van der Waals surface area contributed by atoms with Crippen LogP contribution >= 0.6 is 0 Å². The molecule has 0 bridgehead atoms. The van der Waals surface area contributed by atoms with Crippen molar-refractivity contribution in [3.63, 3.8) is 0 Å². The van der Waals surface area contributed by atoms with Gasteiger partial charge in [0.25, 0.3) is 0 Å². The summed E-state index contributed by atoms with van der Waals surface area (Å²) in [5.41, 5.74) is 3.88. The molecule has 2 aromatic carbocycles. The summed E-state index contributed by atoms with van der Waals surface area (Å²) in [7, 11) is 0. The molecule has 0 aliphatic carbocycles. The summed E-state index contributed by atoms with van der Waals surface area (Å²) in [4.78, 5) is 18.8. The molecule has 0 unspecified atom stereocenters. The van der Waals surface area contributed by atoms with Crippen LogP contribution in [-0.2, 0) is 4.74 Å². The van der Waals surface area contributed by atoms with Crippen molar-refractivity contribution in [3.05, 3.63) is 60.2 Å². The lowest BCUT2D eigenvalue weighted by atomic mass is 10.3. The van der Waals surface area contributed by atoms with E-state index in [1.807, 2.05) is 48.5 Å². The third-order valence-electron chi connectivity index (χ3n) is 5.21. The normalized spacial score (nSPS) is 15.8. The smallest absolute Gasteiger partial charge is 0.172 e. The molecule has 1 aliphatic heterocycles. The van der Waals surface area contributed by atoms with Gasteiger partial charge in [-0.2, -0.15) is 0 Å². The summed E-state index contributed by atoms with van der Waals surface area (Å²) in [5.74, 6) is 1.56. The van der Waals surface area contributed by atoms with Crippen LogP contribution in [0.1, 0.15) is 17.8 Å². The number of rotatable bonds is 6. The van der Waals surface area contributed by atoms with E-state index in [4.69, 9.17) is 14.7 Å². The summed E-state index contributed by atoms with van der Waals surface area (Å²) in [6.07, 6.45) is -0.359. The van der Waals surface area contributed by atoms with Crippen LogP contribution in [0.4, 0.5) is 0 Å². The Labute approximate surface area is 163 Å². The Hall–Kier alpha value is -2.74. The number of para-hydroxylation sites is 4. The lowest BCUT2D eigenvalue weighted by Crippen LogP contribution is -2.44. The minimum Gasteiger partial charge on any atom is -0.361 e. The largest absolute Gasteiger partial charge is 0.361 e. The molecule has 4 aromatic rings. The van der Waals surface area contributed by atoms with E-state index in [1.54, 1.807) is 0 Å². The Balaban J connectivity index is 1.42. The summed E-state index contributed by atoms with van der Waals surface area (Å²) >= 11 is 0. The van der Waals surface area contributed by atoms with Gasteiger partial charge in [0.1, 0.15) is 11.6 Å². The molecular formula is C21H24N6O. The van der Waals surface area contributed by atoms with Gasteiger partial charge in [-0.15, -0.1) is 0 Å². The molecule has 2 aromatic heterocycles. The van der Waals surface area contributed by atoms with Crippen molar-refractivity contribution in [1.29, 1.82) is 0 Å². The third-order valence-corrected chi connectivity index (χ3v) is 5.21. The van der Waals surface area contributed by atoms with Crippen LogP contribution in [0.25, 0.3) is 22.1 Å². The molecule has 5 rings (SSSR count). The van der Waals surface area contributed by atoms with E-state index < -0.39 is 0 Å². The molecule has 7 heteroatoms. The van der Waals surface area contributed by atoms with Crippen LogP contribution in [0.2, 0.25) is 0 Å². The van der Waals surface area contributed by atoms with Gasteiger partial charge >= 0.3 is 0 Å². The topological polar surface area (TPSA) is 81.9 Å². The van der Waals surface area contributed by atoms with Gasteiger partial charge < -0.3 is 20.0 Å². The highest BCUT2D eigenvalue weighted by Crippen LogP contribution is 2.26. The molecule has 0 spiro atoms. The van der Waals surface area contributed by atoms with Crippen molar-refractivity contribution in [2.45, 2.75) is 6.10 Å². The average molecular weight is 376 g/mol. The minimum absolute atomic E-state index is 0.359. The molecule has 144 valence electrons. The van der Waals surface area contributed by atoms with Crippen molar-refractivity contribution >= 4 is 22.1 Å². The number of nitrogens with zero attached hydrogens (tertiary/aromatic N) is 3. The maximum absolute atomic E-state index is 6.33. The Morgan fingerprint density at radius 3 is 2.00 bits per heavy atom. The monoisotopic (exact) mass is 376 g/mol. The van der Waals surface area contributed by atoms with Gasteiger partial charge in [-0.1, -0.05) is 24.3 Å². The highest BCUT2D eigenvalue weighted by atomic mass is 16.5. The molecular weight excluding hydrogens is 352 g/mol. The van der Waals surface area contributed by atoms with Crippen molar-refractivity contribution in [3.8, 4) is 0 Å². The third kappa shape index (κ3) is 3.52. The van der Waals surface area contributed by atoms with Gasteiger partial charge in [-0.05, 0) is 24.3 Å². The first-order chi connectivity index (χ1) is 13.9. The van der Waals surface area contributed by atoms with E-state index in [0.29, 0.717) is 6.61 Å². The number of aromatic amines is 2. The molecule has 3 N–H and O–H groups in total. The van der Waals surface area contributed by atoms with Crippen LogP contribution in [0.3, 0.4) is 0 Å². The Bertz CT molecular complexity index is 925. The van der Waals surface area contributed by atoms with Crippen LogP contribution in [0.15, 0.2) is 48.5 Å². The number of hydrogen-bond acceptors (Lipinski definition) is 5. The second-order valence-corrected chi connectivity index (χ2v) is 7.12. The van der Waals surface area contributed by atoms with Crippen molar-refractivity contribution in [1.82, 2.24) is 30.2 Å². The fourth-order valence-electron chi connectivity index (χ4n) is 3.72. The van der Waals surface area contributed by atoms with Crippen LogP contribution in [-0.4, -0.2) is 64.2 Å². The fraction of sp³-hybridized carbons (Fsp3) is 0.333. The summed E-state index contributed by atoms with van der Waals surface area (Å²) in [6.45, 7) is 5.72. The van der Waals surface area contributed by atoms with E-state index in [-0.39, 0.29) is 6.10 Å². The predicted octanol–water partition coefficient (Wildman–Crippen LogP) is 2.45. The standard InChI is InChI=1S/C21H24N6O/c1-2-6-16-15(5-1)23-20(24-16)19(28-14-13-27-11-9-22-10-12-27)21-25-17-7-3-4-8-18(17)26-21/h1-8,19,22H,9-14H2,(H,23,24)(H,25,26). The number of nitrogens with one attached hydrogen (secondary N) is 3. The Morgan fingerprint density at radius 2 is 1.43 bits per heavy atom. The number of hydrogen-bond donors (Lipinski definition) is 3. The fourth-order valence-corrected chi connectivity index (χ4v) is 3.72. The molecule has 7 nitrogen and oxygen atoms in total. The van der Waals surface area contributed by atoms with Crippen molar-refractivity contribution < 1.29 is 4.74 Å². The number of ether oxygens (including phenoxy) is 1. The molecule has 0 atom stereocenters. The highest BCUT2D eigenvalue weighted by molar-refractivity contribution is 5.76. The predicted molar refractivity (Wildman–Crippen MR) is 109 cm³/mol. The second-order valence-electron chi connectivity index (χ2n) is 7.12. The van der Waals surface area contributed by atoms with E-state index in [0.717, 1.165) is 66.4 Å². The summed E-state index contributed by atoms with van der Waals surface area (Å²) < 4.78 is 6.33. The van der Waals surface area contributed by atoms with E-state index in [9.17, 15) is 0 Å². The van der Waals surface area contributed by atoms with Crippen LogP contribution in [0.5, 0.6) is 0 Å². The van der Waals surface area contributed by atoms with Crippen LogP contribution < -0.4 is 5.32 Å². The minimum atomic E-state index is -0.359. The van der Waals surface area contributed by atoms with Gasteiger partial charge in [-0.25, -0.2) is 9.97 Å². The SMILES string of the molecule is c1ccc2[nH]c(C(OCCN3CCNCC3)c3nc4ccccc4[nH]3)nc2c1. The zero-order valence-electron chi connectivity index (χ0n) is 15.7. The first-order valence-corrected chi connectivity index (χ1v) is 9.81. The van der Waals surface area contributed by atoms with E-state index >= 15 is 0 Å². The lowest BCUT2D eigenvalue weighted by molar-refractivity contribution is 0.0492. The maximum Gasteiger partial charge on any atom is 0.172 e. The van der Waals surface area contributed by atoms with Gasteiger partial charge in [-0.3, -0.25) is 4.90 Å². The molecule has 0 saturated carbocycles. The van der Waals surface area contributed by atoms with E-state index in [1.165, 1.54) is 0 Å². The number of fused-ring (bicyclic) bond motifs is 2. The van der Waals surface area contributed by atoms with Crippen molar-refractivity contribution in [2.75, 3.05) is 39.3 Å². The Morgan fingerprint density at radius 1 is 0.857 bits per heavy atom. The first kappa shape index (κ1) is 17.4. The van der Waals surface area contributed by atoms with Gasteiger partial charge in [0.15, 0.2) is 6.10 Å². The van der Waals surface area contributed by atoms with Gasteiger partial charge in [0, 0.05) is 32.7 Å². The molecule has 1 aliphatic rings. The number of H-pyrrole nitrogens is 2. The molecule has 0 radical (unpaired) electrons. The zero-order chi connectivity index (χ0) is 18.8. The molecule has 28 heavy (non-hydrogen) atoms. The van der Waals surface area contributed by atoms with Crippen molar-refractivity contribution in [2.24, 2.45) is 0 Å².